The molecule has 1 aromatic rings. The van der Waals surface area contributed by atoms with Crippen LogP contribution in [0.15, 0.2) is 30.3 Å². The summed E-state index contributed by atoms with van der Waals surface area (Å²) >= 11 is 0. The SMILES string of the molecule is O=C(O)CCCCCOC1COC(c2ccccc2)OC1. The van der Waals surface area contributed by atoms with Crippen molar-refractivity contribution in [3.8, 4) is 0 Å². The maximum absolute atomic E-state index is 10.4. The summed E-state index contributed by atoms with van der Waals surface area (Å²) in [5, 5.41) is 8.53. The van der Waals surface area contributed by atoms with Gasteiger partial charge in [-0.2, -0.15) is 0 Å². The van der Waals surface area contributed by atoms with Crippen molar-refractivity contribution < 1.29 is 24.1 Å². The number of hydrogen-bond donors (Lipinski definition) is 1. The smallest absolute Gasteiger partial charge is 0.303 e. The van der Waals surface area contributed by atoms with E-state index in [1.165, 1.54) is 0 Å². The lowest BCUT2D eigenvalue weighted by Crippen LogP contribution is -2.33. The quantitative estimate of drug-likeness (QED) is 0.747. The van der Waals surface area contributed by atoms with E-state index in [-0.39, 0.29) is 18.8 Å². The molecular weight excluding hydrogens is 272 g/mol. The van der Waals surface area contributed by atoms with E-state index >= 15 is 0 Å². The fraction of sp³-hybridized carbons (Fsp3) is 0.562. The summed E-state index contributed by atoms with van der Waals surface area (Å²) in [6.07, 6.45) is 2.33. The van der Waals surface area contributed by atoms with Crippen molar-refractivity contribution in [3.63, 3.8) is 0 Å². The van der Waals surface area contributed by atoms with E-state index in [0.29, 0.717) is 26.2 Å². The van der Waals surface area contributed by atoms with Gasteiger partial charge in [-0.25, -0.2) is 0 Å². The van der Waals surface area contributed by atoms with E-state index in [0.717, 1.165) is 18.4 Å². The van der Waals surface area contributed by atoms with Crippen LogP contribution in [0.2, 0.25) is 0 Å². The minimum atomic E-state index is -0.739. The summed E-state index contributed by atoms with van der Waals surface area (Å²) in [5.74, 6) is -0.739. The molecule has 0 aliphatic carbocycles. The summed E-state index contributed by atoms with van der Waals surface area (Å²) in [5.41, 5.74) is 1.02. The Morgan fingerprint density at radius 1 is 1.14 bits per heavy atom. The van der Waals surface area contributed by atoms with Crippen LogP contribution in [0.3, 0.4) is 0 Å². The summed E-state index contributed by atoms with van der Waals surface area (Å²) in [4.78, 5) is 10.4. The Morgan fingerprint density at radius 3 is 2.52 bits per heavy atom. The number of hydrogen-bond acceptors (Lipinski definition) is 4. The van der Waals surface area contributed by atoms with Gasteiger partial charge in [-0.1, -0.05) is 36.8 Å². The molecule has 0 saturated carbocycles. The molecule has 2 rings (SSSR count). The zero-order valence-corrected chi connectivity index (χ0v) is 12.1. The van der Waals surface area contributed by atoms with Gasteiger partial charge in [-0.3, -0.25) is 4.79 Å². The highest BCUT2D eigenvalue weighted by Gasteiger charge is 2.23. The van der Waals surface area contributed by atoms with Gasteiger partial charge in [-0.05, 0) is 12.8 Å². The van der Waals surface area contributed by atoms with Crippen molar-refractivity contribution in [2.24, 2.45) is 0 Å². The first kappa shape index (κ1) is 15.9. The zero-order valence-electron chi connectivity index (χ0n) is 12.1. The summed E-state index contributed by atoms with van der Waals surface area (Å²) < 4.78 is 17.0. The fourth-order valence-electron chi connectivity index (χ4n) is 2.19. The number of carbonyl (C=O) groups is 1. The minimum Gasteiger partial charge on any atom is -0.481 e. The van der Waals surface area contributed by atoms with Crippen LogP contribution >= 0.6 is 0 Å². The Balaban J connectivity index is 1.56. The Kier molecular flexibility index (Phi) is 6.66. The number of ether oxygens (including phenoxy) is 3. The van der Waals surface area contributed by atoms with Crippen LogP contribution in [-0.4, -0.2) is 37.0 Å². The largest absolute Gasteiger partial charge is 0.481 e. The topological polar surface area (TPSA) is 65.0 Å². The van der Waals surface area contributed by atoms with Crippen molar-refractivity contribution in [2.75, 3.05) is 19.8 Å². The second-order valence-electron chi connectivity index (χ2n) is 5.11. The molecule has 0 bridgehead atoms. The van der Waals surface area contributed by atoms with Crippen molar-refractivity contribution in [1.29, 1.82) is 0 Å². The van der Waals surface area contributed by atoms with Crippen molar-refractivity contribution in [3.05, 3.63) is 35.9 Å². The molecule has 21 heavy (non-hydrogen) atoms. The molecule has 1 N–H and O–H groups in total. The fourth-order valence-corrected chi connectivity index (χ4v) is 2.19. The van der Waals surface area contributed by atoms with E-state index in [4.69, 9.17) is 19.3 Å². The molecule has 1 fully saturated rings. The molecule has 1 aliphatic rings. The lowest BCUT2D eigenvalue weighted by atomic mass is 10.2. The van der Waals surface area contributed by atoms with Gasteiger partial charge in [0.1, 0.15) is 6.10 Å². The molecule has 1 aromatic carbocycles. The monoisotopic (exact) mass is 294 g/mol. The Morgan fingerprint density at radius 2 is 1.86 bits per heavy atom. The van der Waals surface area contributed by atoms with Gasteiger partial charge in [0.15, 0.2) is 6.29 Å². The highest BCUT2D eigenvalue weighted by Crippen LogP contribution is 2.23. The zero-order chi connectivity index (χ0) is 14.9. The van der Waals surface area contributed by atoms with E-state index in [9.17, 15) is 4.79 Å². The number of carboxylic acids is 1. The van der Waals surface area contributed by atoms with Gasteiger partial charge in [0, 0.05) is 18.6 Å². The van der Waals surface area contributed by atoms with Crippen LogP contribution < -0.4 is 0 Å². The van der Waals surface area contributed by atoms with E-state index in [2.05, 4.69) is 0 Å². The number of benzene rings is 1. The third-order valence-corrected chi connectivity index (χ3v) is 3.33. The third-order valence-electron chi connectivity index (χ3n) is 3.33. The molecule has 0 radical (unpaired) electrons. The molecule has 1 saturated heterocycles. The second kappa shape index (κ2) is 8.77. The molecule has 0 spiro atoms. The summed E-state index contributed by atoms with van der Waals surface area (Å²) in [6, 6.07) is 9.84. The molecular formula is C16H22O5. The van der Waals surface area contributed by atoms with Gasteiger partial charge in [0.05, 0.1) is 13.2 Å². The van der Waals surface area contributed by atoms with Gasteiger partial charge in [0.2, 0.25) is 0 Å². The molecule has 0 aromatic heterocycles. The average Bonchev–Trinajstić information content (AvgIpc) is 2.52. The number of unbranched alkanes of at least 4 members (excludes halogenated alkanes) is 2. The molecule has 5 nitrogen and oxygen atoms in total. The molecule has 0 amide bonds. The van der Waals surface area contributed by atoms with Gasteiger partial charge in [0.25, 0.3) is 0 Å². The molecule has 0 atom stereocenters. The second-order valence-corrected chi connectivity index (χ2v) is 5.11. The van der Waals surface area contributed by atoms with Crippen molar-refractivity contribution >= 4 is 5.97 Å². The number of carboxylic acid groups (broad SMARTS) is 1. The molecule has 0 unspecified atom stereocenters. The summed E-state index contributed by atoms with van der Waals surface area (Å²) in [6.45, 7) is 1.66. The van der Waals surface area contributed by atoms with E-state index in [1.807, 2.05) is 30.3 Å². The van der Waals surface area contributed by atoms with Crippen molar-refractivity contribution in [2.45, 2.75) is 38.1 Å². The van der Waals surface area contributed by atoms with Crippen LogP contribution in [0.1, 0.15) is 37.5 Å². The Labute approximate surface area is 124 Å². The van der Waals surface area contributed by atoms with Crippen LogP contribution in [0.4, 0.5) is 0 Å². The first-order chi connectivity index (χ1) is 10.3. The number of aliphatic carboxylic acids is 1. The Hall–Kier alpha value is -1.43. The maximum atomic E-state index is 10.4. The molecule has 5 heteroatoms. The van der Waals surface area contributed by atoms with E-state index < -0.39 is 5.97 Å². The van der Waals surface area contributed by atoms with Gasteiger partial charge < -0.3 is 19.3 Å². The minimum absolute atomic E-state index is 0.0376. The lowest BCUT2D eigenvalue weighted by Gasteiger charge is -2.29. The normalized spacial score (nSPS) is 22.1. The van der Waals surface area contributed by atoms with Crippen LogP contribution in [0.5, 0.6) is 0 Å². The van der Waals surface area contributed by atoms with Crippen LogP contribution in [-0.2, 0) is 19.0 Å². The molecule has 1 heterocycles. The lowest BCUT2D eigenvalue weighted by molar-refractivity contribution is -0.230. The molecule has 116 valence electrons. The van der Waals surface area contributed by atoms with E-state index in [1.54, 1.807) is 0 Å². The first-order valence-electron chi connectivity index (χ1n) is 7.37. The van der Waals surface area contributed by atoms with Gasteiger partial charge >= 0.3 is 5.97 Å². The third kappa shape index (κ3) is 5.83. The highest BCUT2D eigenvalue weighted by molar-refractivity contribution is 5.66. The average molecular weight is 294 g/mol. The molecule has 1 aliphatic heterocycles. The van der Waals surface area contributed by atoms with Crippen LogP contribution in [0.25, 0.3) is 0 Å². The van der Waals surface area contributed by atoms with Crippen molar-refractivity contribution in [1.82, 2.24) is 0 Å². The predicted octanol–water partition coefficient (Wildman–Crippen LogP) is 2.76. The summed E-state index contributed by atoms with van der Waals surface area (Å²) in [7, 11) is 0. The van der Waals surface area contributed by atoms with Gasteiger partial charge in [-0.15, -0.1) is 0 Å². The first-order valence-corrected chi connectivity index (χ1v) is 7.37. The Bertz CT molecular complexity index is 412. The van der Waals surface area contributed by atoms with Crippen LogP contribution in [0, 0.1) is 0 Å². The highest BCUT2D eigenvalue weighted by atomic mass is 16.7. The maximum Gasteiger partial charge on any atom is 0.303 e. The number of rotatable bonds is 8. The standard InChI is InChI=1S/C16H22O5/c17-15(18)9-5-2-6-10-19-14-11-20-16(21-12-14)13-7-3-1-4-8-13/h1,3-4,7-8,14,16H,2,5-6,9-12H2,(H,17,18). The predicted molar refractivity (Wildman–Crippen MR) is 76.9 cm³/mol.